The van der Waals surface area contributed by atoms with Crippen molar-refractivity contribution in [1.29, 1.82) is 0 Å². The topological polar surface area (TPSA) is 52.7 Å². The molecule has 6 heteroatoms. The summed E-state index contributed by atoms with van der Waals surface area (Å²) in [5.41, 5.74) is 0. The number of rotatable bonds is 5. The van der Waals surface area contributed by atoms with Crippen LogP contribution in [0.15, 0.2) is 17.5 Å². The third-order valence-corrected chi connectivity index (χ3v) is 4.86. The molecule has 2 aliphatic rings. The molecule has 2 heterocycles. The van der Waals surface area contributed by atoms with Crippen molar-refractivity contribution < 1.29 is 9.59 Å². The Morgan fingerprint density at radius 2 is 1.90 bits per heavy atom. The summed E-state index contributed by atoms with van der Waals surface area (Å²) < 4.78 is 0. The second kappa shape index (κ2) is 6.58. The maximum absolute atomic E-state index is 12.2. The molecular formula is C15H21N3O2S. The second-order valence-electron chi connectivity index (χ2n) is 5.63. The molecular weight excluding hydrogens is 286 g/mol. The fourth-order valence-electron chi connectivity index (χ4n) is 2.54. The highest BCUT2D eigenvalue weighted by Crippen LogP contribution is 2.18. The number of amides is 2. The van der Waals surface area contributed by atoms with Gasteiger partial charge >= 0.3 is 0 Å². The van der Waals surface area contributed by atoms with Crippen LogP contribution in [-0.4, -0.2) is 60.4 Å². The quantitative estimate of drug-likeness (QED) is 0.888. The van der Waals surface area contributed by atoms with Gasteiger partial charge in [0.2, 0.25) is 5.91 Å². The molecule has 0 atom stereocenters. The fourth-order valence-corrected chi connectivity index (χ4v) is 3.23. The molecule has 3 rings (SSSR count). The van der Waals surface area contributed by atoms with Gasteiger partial charge in [-0.3, -0.25) is 9.59 Å². The predicted molar refractivity (Wildman–Crippen MR) is 82.4 cm³/mol. The summed E-state index contributed by atoms with van der Waals surface area (Å²) >= 11 is 1.47. The Balaban J connectivity index is 1.41. The summed E-state index contributed by atoms with van der Waals surface area (Å²) in [6.45, 7) is 3.35. The van der Waals surface area contributed by atoms with Gasteiger partial charge in [0.05, 0.1) is 4.88 Å². The zero-order valence-electron chi connectivity index (χ0n) is 12.1. The number of hydrogen-bond donors (Lipinski definition) is 1. The van der Waals surface area contributed by atoms with Gasteiger partial charge in [0.15, 0.2) is 0 Å². The lowest BCUT2D eigenvalue weighted by atomic mass is 10.2. The van der Waals surface area contributed by atoms with Crippen molar-refractivity contribution in [3.8, 4) is 0 Å². The van der Waals surface area contributed by atoms with Gasteiger partial charge in [-0.2, -0.15) is 0 Å². The van der Waals surface area contributed by atoms with E-state index in [1.54, 1.807) is 0 Å². The number of carbonyl (C=O) groups excluding carboxylic acids is 2. The molecule has 0 radical (unpaired) electrons. The van der Waals surface area contributed by atoms with E-state index in [4.69, 9.17) is 0 Å². The van der Waals surface area contributed by atoms with E-state index in [1.807, 2.05) is 27.3 Å². The van der Waals surface area contributed by atoms with Crippen LogP contribution in [0.2, 0.25) is 0 Å². The summed E-state index contributed by atoms with van der Waals surface area (Å²) in [5, 5.41) is 5.28. The number of nitrogens with zero attached hydrogens (tertiary/aromatic N) is 2. The molecule has 114 valence electrons. The smallest absolute Gasteiger partial charge is 0.264 e. The number of thiophene rings is 1. The van der Waals surface area contributed by atoms with E-state index in [9.17, 15) is 9.59 Å². The molecule has 0 spiro atoms. The molecule has 2 amide bonds. The Kier molecular flexibility index (Phi) is 4.55. The summed E-state index contributed by atoms with van der Waals surface area (Å²) in [4.78, 5) is 28.8. The summed E-state index contributed by atoms with van der Waals surface area (Å²) in [6, 6.07) is 4.40. The fraction of sp³-hybridized carbons (Fsp3) is 0.600. The minimum absolute atomic E-state index is 0.0903. The van der Waals surface area contributed by atoms with Crippen molar-refractivity contribution in [3.63, 3.8) is 0 Å². The summed E-state index contributed by atoms with van der Waals surface area (Å²) in [5.74, 6) is 0.291. The largest absolute Gasteiger partial charge is 0.339 e. The molecule has 1 aromatic rings. The first kappa shape index (κ1) is 14.5. The van der Waals surface area contributed by atoms with Gasteiger partial charge in [-0.1, -0.05) is 6.07 Å². The van der Waals surface area contributed by atoms with Gasteiger partial charge in [-0.05, 0) is 24.3 Å². The first-order valence-electron chi connectivity index (χ1n) is 7.58. The first-order chi connectivity index (χ1) is 10.2. The van der Waals surface area contributed by atoms with Gasteiger partial charge < -0.3 is 15.1 Å². The van der Waals surface area contributed by atoms with Crippen molar-refractivity contribution >= 4 is 23.2 Å². The van der Waals surface area contributed by atoms with Gasteiger partial charge in [-0.15, -0.1) is 11.3 Å². The van der Waals surface area contributed by atoms with Crippen LogP contribution < -0.4 is 5.32 Å². The van der Waals surface area contributed by atoms with E-state index in [0.29, 0.717) is 38.6 Å². The molecule has 1 aromatic heterocycles. The lowest BCUT2D eigenvalue weighted by molar-refractivity contribution is -0.132. The van der Waals surface area contributed by atoms with E-state index in [2.05, 4.69) is 5.32 Å². The molecule has 21 heavy (non-hydrogen) atoms. The third-order valence-electron chi connectivity index (χ3n) is 4.00. The van der Waals surface area contributed by atoms with Crippen LogP contribution >= 0.6 is 11.3 Å². The van der Waals surface area contributed by atoms with Gasteiger partial charge in [-0.25, -0.2) is 0 Å². The Morgan fingerprint density at radius 3 is 2.52 bits per heavy atom. The van der Waals surface area contributed by atoms with E-state index in [-0.39, 0.29) is 11.8 Å². The van der Waals surface area contributed by atoms with Crippen LogP contribution in [0.3, 0.4) is 0 Å². The van der Waals surface area contributed by atoms with Gasteiger partial charge in [0, 0.05) is 45.2 Å². The summed E-state index contributed by atoms with van der Waals surface area (Å²) in [6.07, 6.45) is 3.06. The van der Waals surface area contributed by atoms with E-state index in [0.717, 1.165) is 11.4 Å². The predicted octanol–water partition coefficient (Wildman–Crippen LogP) is 1.17. The highest BCUT2D eigenvalue weighted by Gasteiger charge is 2.25. The Bertz CT molecular complexity index is 491. The highest BCUT2D eigenvalue weighted by molar-refractivity contribution is 7.12. The van der Waals surface area contributed by atoms with E-state index >= 15 is 0 Å². The maximum Gasteiger partial charge on any atom is 0.264 e. The minimum Gasteiger partial charge on any atom is -0.339 e. The maximum atomic E-state index is 12.2. The van der Waals surface area contributed by atoms with Crippen LogP contribution in [0, 0.1) is 0 Å². The Labute approximate surface area is 128 Å². The summed E-state index contributed by atoms with van der Waals surface area (Å²) in [7, 11) is 0. The van der Waals surface area contributed by atoms with Crippen LogP contribution in [-0.2, 0) is 4.79 Å². The van der Waals surface area contributed by atoms with E-state index < -0.39 is 0 Å². The zero-order chi connectivity index (χ0) is 14.7. The molecule has 5 nitrogen and oxygen atoms in total. The molecule has 0 unspecified atom stereocenters. The molecule has 0 bridgehead atoms. The number of nitrogens with one attached hydrogen (secondary N) is 1. The molecule has 1 aliphatic heterocycles. The van der Waals surface area contributed by atoms with Crippen LogP contribution in [0.25, 0.3) is 0 Å². The highest BCUT2D eigenvalue weighted by atomic mass is 32.1. The second-order valence-corrected chi connectivity index (χ2v) is 6.58. The average molecular weight is 307 g/mol. The zero-order valence-corrected chi connectivity index (χ0v) is 12.9. The Hall–Kier alpha value is -1.40. The molecule has 0 aromatic carbocycles. The SMILES string of the molecule is O=C(CCNC1CC1)N1CCN(C(=O)c2cccs2)CC1. The van der Waals surface area contributed by atoms with Crippen molar-refractivity contribution in [2.75, 3.05) is 32.7 Å². The molecule has 1 saturated carbocycles. The number of hydrogen-bond acceptors (Lipinski definition) is 4. The average Bonchev–Trinajstić information content (AvgIpc) is 3.17. The van der Waals surface area contributed by atoms with Crippen molar-refractivity contribution in [3.05, 3.63) is 22.4 Å². The minimum atomic E-state index is 0.0903. The van der Waals surface area contributed by atoms with Crippen LogP contribution in [0.1, 0.15) is 28.9 Å². The standard InChI is InChI=1S/C15H21N3O2S/c19-14(5-6-16-12-3-4-12)17-7-9-18(10-8-17)15(20)13-2-1-11-21-13/h1-2,11-12,16H,3-10H2. The van der Waals surface area contributed by atoms with Gasteiger partial charge in [0.1, 0.15) is 0 Å². The monoisotopic (exact) mass is 307 g/mol. The number of carbonyl (C=O) groups is 2. The van der Waals surface area contributed by atoms with Gasteiger partial charge in [0.25, 0.3) is 5.91 Å². The van der Waals surface area contributed by atoms with E-state index in [1.165, 1.54) is 24.2 Å². The normalized spacial score (nSPS) is 18.9. The Morgan fingerprint density at radius 1 is 1.19 bits per heavy atom. The van der Waals surface area contributed by atoms with Crippen molar-refractivity contribution in [1.82, 2.24) is 15.1 Å². The molecule has 1 aliphatic carbocycles. The van der Waals surface area contributed by atoms with Crippen molar-refractivity contribution in [2.24, 2.45) is 0 Å². The number of piperazine rings is 1. The van der Waals surface area contributed by atoms with Crippen LogP contribution in [0.4, 0.5) is 0 Å². The molecule has 1 saturated heterocycles. The van der Waals surface area contributed by atoms with Crippen molar-refractivity contribution in [2.45, 2.75) is 25.3 Å². The molecule has 2 fully saturated rings. The molecule has 1 N–H and O–H groups in total. The third kappa shape index (κ3) is 3.83. The first-order valence-corrected chi connectivity index (χ1v) is 8.46. The lowest BCUT2D eigenvalue weighted by Crippen LogP contribution is -2.50. The lowest BCUT2D eigenvalue weighted by Gasteiger charge is -2.34. The van der Waals surface area contributed by atoms with Crippen LogP contribution in [0.5, 0.6) is 0 Å².